The molecular weight excluding hydrogens is 273 g/mol. The van der Waals surface area contributed by atoms with Crippen LogP contribution in [0.2, 0.25) is 0 Å². The molecule has 0 aliphatic carbocycles. The van der Waals surface area contributed by atoms with Crippen LogP contribution in [0.5, 0.6) is 0 Å². The molecule has 1 N–H and O–H groups in total. The SMILES string of the molecule is CN(Cc1ncn[nH]1)C(=O)c1ccc(C(F)(F)F)cc1. The summed E-state index contributed by atoms with van der Waals surface area (Å²) < 4.78 is 37.2. The molecule has 1 aromatic carbocycles. The first-order valence-electron chi connectivity index (χ1n) is 5.65. The number of benzene rings is 1. The van der Waals surface area contributed by atoms with Crippen molar-refractivity contribution in [2.75, 3.05) is 7.05 Å². The first kappa shape index (κ1) is 14.0. The second kappa shape index (κ2) is 5.32. The van der Waals surface area contributed by atoms with Gasteiger partial charge in [-0.3, -0.25) is 9.89 Å². The van der Waals surface area contributed by atoms with Crippen LogP contribution in [0.3, 0.4) is 0 Å². The van der Waals surface area contributed by atoms with Crippen molar-refractivity contribution in [3.05, 3.63) is 47.5 Å². The highest BCUT2D eigenvalue weighted by molar-refractivity contribution is 5.94. The molecule has 5 nitrogen and oxygen atoms in total. The molecule has 20 heavy (non-hydrogen) atoms. The Bertz CT molecular complexity index is 578. The maximum Gasteiger partial charge on any atom is 0.416 e. The van der Waals surface area contributed by atoms with E-state index in [9.17, 15) is 18.0 Å². The van der Waals surface area contributed by atoms with Crippen molar-refractivity contribution >= 4 is 5.91 Å². The van der Waals surface area contributed by atoms with E-state index in [1.807, 2.05) is 0 Å². The number of carbonyl (C=O) groups is 1. The van der Waals surface area contributed by atoms with Crippen LogP contribution < -0.4 is 0 Å². The highest BCUT2D eigenvalue weighted by Crippen LogP contribution is 2.29. The van der Waals surface area contributed by atoms with Crippen LogP contribution in [0.25, 0.3) is 0 Å². The highest BCUT2D eigenvalue weighted by Gasteiger charge is 2.30. The van der Waals surface area contributed by atoms with E-state index in [0.717, 1.165) is 24.3 Å². The quantitative estimate of drug-likeness (QED) is 0.938. The Balaban J connectivity index is 2.09. The van der Waals surface area contributed by atoms with E-state index < -0.39 is 17.6 Å². The number of rotatable bonds is 3. The van der Waals surface area contributed by atoms with Crippen LogP contribution in [0.1, 0.15) is 21.7 Å². The van der Waals surface area contributed by atoms with E-state index >= 15 is 0 Å². The third-order valence-corrected chi connectivity index (χ3v) is 2.66. The minimum atomic E-state index is -4.41. The van der Waals surface area contributed by atoms with Gasteiger partial charge in [-0.2, -0.15) is 18.3 Å². The van der Waals surface area contributed by atoms with Crippen LogP contribution in [-0.4, -0.2) is 33.0 Å². The zero-order valence-electron chi connectivity index (χ0n) is 10.5. The van der Waals surface area contributed by atoms with Crippen molar-refractivity contribution in [3.63, 3.8) is 0 Å². The van der Waals surface area contributed by atoms with Gasteiger partial charge < -0.3 is 4.90 Å². The molecule has 0 aliphatic heterocycles. The summed E-state index contributed by atoms with van der Waals surface area (Å²) in [6.07, 6.45) is -3.10. The minimum Gasteiger partial charge on any atom is -0.334 e. The van der Waals surface area contributed by atoms with Gasteiger partial charge in [-0.05, 0) is 24.3 Å². The molecule has 1 heterocycles. The van der Waals surface area contributed by atoms with Crippen LogP contribution in [0.15, 0.2) is 30.6 Å². The fraction of sp³-hybridized carbons (Fsp3) is 0.250. The van der Waals surface area contributed by atoms with Gasteiger partial charge in [-0.25, -0.2) is 4.98 Å². The maximum atomic E-state index is 12.4. The predicted molar refractivity (Wildman–Crippen MR) is 63.6 cm³/mol. The topological polar surface area (TPSA) is 61.9 Å². The molecule has 0 atom stereocenters. The van der Waals surface area contributed by atoms with Gasteiger partial charge in [0.2, 0.25) is 0 Å². The molecule has 2 aromatic rings. The molecule has 106 valence electrons. The van der Waals surface area contributed by atoms with Gasteiger partial charge in [-0.1, -0.05) is 0 Å². The number of aromatic nitrogens is 3. The first-order valence-corrected chi connectivity index (χ1v) is 5.65. The highest BCUT2D eigenvalue weighted by atomic mass is 19.4. The van der Waals surface area contributed by atoms with Crippen LogP contribution in [0.4, 0.5) is 13.2 Å². The summed E-state index contributed by atoms with van der Waals surface area (Å²) in [6, 6.07) is 4.08. The van der Waals surface area contributed by atoms with Gasteiger partial charge in [0.15, 0.2) is 0 Å². The maximum absolute atomic E-state index is 12.4. The van der Waals surface area contributed by atoms with Crippen molar-refractivity contribution < 1.29 is 18.0 Å². The Labute approximate surface area is 112 Å². The summed E-state index contributed by atoms with van der Waals surface area (Å²) >= 11 is 0. The lowest BCUT2D eigenvalue weighted by Crippen LogP contribution is -2.26. The number of nitrogens with one attached hydrogen (secondary N) is 1. The second-order valence-electron chi connectivity index (χ2n) is 4.17. The summed E-state index contributed by atoms with van der Waals surface area (Å²) in [6.45, 7) is 0.194. The molecule has 0 saturated heterocycles. The molecule has 2 rings (SSSR count). The monoisotopic (exact) mass is 284 g/mol. The molecular formula is C12H11F3N4O. The van der Waals surface area contributed by atoms with Gasteiger partial charge in [0.05, 0.1) is 12.1 Å². The Morgan fingerprint density at radius 2 is 1.95 bits per heavy atom. The number of amides is 1. The lowest BCUT2D eigenvalue weighted by Gasteiger charge is -2.16. The van der Waals surface area contributed by atoms with Crippen LogP contribution >= 0.6 is 0 Å². The van der Waals surface area contributed by atoms with Crippen molar-refractivity contribution in [3.8, 4) is 0 Å². The largest absolute Gasteiger partial charge is 0.416 e. The molecule has 0 spiro atoms. The van der Waals surface area contributed by atoms with E-state index in [1.54, 1.807) is 0 Å². The average molecular weight is 284 g/mol. The molecule has 0 fully saturated rings. The molecule has 0 unspecified atom stereocenters. The summed E-state index contributed by atoms with van der Waals surface area (Å²) in [4.78, 5) is 17.2. The fourth-order valence-electron chi connectivity index (χ4n) is 1.63. The third-order valence-electron chi connectivity index (χ3n) is 2.66. The lowest BCUT2D eigenvalue weighted by atomic mass is 10.1. The molecule has 0 aliphatic rings. The zero-order valence-corrected chi connectivity index (χ0v) is 10.5. The molecule has 1 aromatic heterocycles. The molecule has 8 heteroatoms. The van der Waals surface area contributed by atoms with Gasteiger partial charge in [0, 0.05) is 12.6 Å². The number of H-pyrrole nitrogens is 1. The number of carbonyl (C=O) groups excluding carboxylic acids is 1. The first-order chi connectivity index (χ1) is 9.38. The predicted octanol–water partition coefficient (Wildman–Crippen LogP) is 2.10. The summed E-state index contributed by atoms with van der Waals surface area (Å²) in [5.74, 6) is 0.0999. The Kier molecular flexibility index (Phi) is 3.73. The summed E-state index contributed by atoms with van der Waals surface area (Å²) in [5.41, 5.74) is -0.605. The Morgan fingerprint density at radius 1 is 1.30 bits per heavy atom. The second-order valence-corrected chi connectivity index (χ2v) is 4.17. The normalized spacial score (nSPS) is 11.4. The Morgan fingerprint density at radius 3 is 2.45 bits per heavy atom. The van der Waals surface area contributed by atoms with Gasteiger partial charge in [-0.15, -0.1) is 0 Å². The number of hydrogen-bond acceptors (Lipinski definition) is 3. The Hall–Kier alpha value is -2.38. The van der Waals surface area contributed by atoms with E-state index in [-0.39, 0.29) is 12.1 Å². The van der Waals surface area contributed by atoms with E-state index in [1.165, 1.54) is 18.3 Å². The number of alkyl halides is 3. The molecule has 0 radical (unpaired) electrons. The zero-order chi connectivity index (χ0) is 14.8. The van der Waals surface area contributed by atoms with Crippen LogP contribution in [-0.2, 0) is 12.7 Å². The molecule has 0 bridgehead atoms. The number of nitrogens with zero attached hydrogens (tertiary/aromatic N) is 3. The van der Waals surface area contributed by atoms with Crippen molar-refractivity contribution in [2.45, 2.75) is 12.7 Å². The van der Waals surface area contributed by atoms with Gasteiger partial charge >= 0.3 is 6.18 Å². The van der Waals surface area contributed by atoms with Crippen molar-refractivity contribution in [1.82, 2.24) is 20.1 Å². The summed E-state index contributed by atoms with van der Waals surface area (Å²) in [5, 5.41) is 6.25. The number of aromatic amines is 1. The van der Waals surface area contributed by atoms with E-state index in [4.69, 9.17) is 0 Å². The lowest BCUT2D eigenvalue weighted by molar-refractivity contribution is -0.137. The standard InChI is InChI=1S/C12H11F3N4O/c1-19(6-10-16-7-17-18-10)11(20)8-2-4-9(5-3-8)12(13,14)15/h2-5,7H,6H2,1H3,(H,16,17,18). The molecule has 1 amide bonds. The van der Waals surface area contributed by atoms with E-state index in [0.29, 0.717) is 5.82 Å². The molecule has 0 saturated carbocycles. The van der Waals surface area contributed by atoms with Crippen molar-refractivity contribution in [2.24, 2.45) is 0 Å². The fourth-order valence-corrected chi connectivity index (χ4v) is 1.63. The number of hydrogen-bond donors (Lipinski definition) is 1. The van der Waals surface area contributed by atoms with E-state index in [2.05, 4.69) is 15.2 Å². The average Bonchev–Trinajstić information content (AvgIpc) is 2.90. The van der Waals surface area contributed by atoms with Gasteiger partial charge in [0.1, 0.15) is 12.2 Å². The summed E-state index contributed by atoms with van der Waals surface area (Å²) in [7, 11) is 1.53. The smallest absolute Gasteiger partial charge is 0.334 e. The van der Waals surface area contributed by atoms with Crippen molar-refractivity contribution in [1.29, 1.82) is 0 Å². The van der Waals surface area contributed by atoms with Gasteiger partial charge in [0.25, 0.3) is 5.91 Å². The van der Waals surface area contributed by atoms with Crippen LogP contribution in [0, 0.1) is 0 Å². The third kappa shape index (κ3) is 3.14. The number of halogens is 3. The minimum absolute atomic E-state index is 0.181.